The Balaban J connectivity index is 1.34. The van der Waals surface area contributed by atoms with E-state index in [2.05, 4.69) is 26.4 Å². The van der Waals surface area contributed by atoms with Crippen molar-refractivity contribution in [2.45, 2.75) is 17.4 Å². The van der Waals surface area contributed by atoms with E-state index in [-0.39, 0.29) is 6.10 Å². The second kappa shape index (κ2) is 10.2. The second-order valence-electron chi connectivity index (χ2n) is 7.81. The molecule has 0 bridgehead atoms. The van der Waals surface area contributed by atoms with Gasteiger partial charge in [-0.05, 0) is 61.5 Å². The molecule has 0 radical (unpaired) electrons. The quantitative estimate of drug-likeness (QED) is 0.424. The van der Waals surface area contributed by atoms with Crippen LogP contribution in [0, 0.1) is 17.1 Å². The molecule has 1 aliphatic rings. The zero-order valence-electron chi connectivity index (χ0n) is 18.5. The van der Waals surface area contributed by atoms with E-state index in [0.717, 1.165) is 18.5 Å². The number of hydrogen-bond acceptors (Lipinski definition) is 7. The molecule has 0 saturated heterocycles. The number of nitriles is 1. The van der Waals surface area contributed by atoms with Crippen molar-refractivity contribution in [1.29, 1.82) is 5.26 Å². The third kappa shape index (κ3) is 5.34. The van der Waals surface area contributed by atoms with Crippen LogP contribution >= 0.6 is 0 Å². The van der Waals surface area contributed by atoms with E-state index in [1.165, 1.54) is 19.2 Å². The van der Waals surface area contributed by atoms with Gasteiger partial charge >= 0.3 is 0 Å². The summed E-state index contributed by atoms with van der Waals surface area (Å²) in [7, 11) is -2.63. The number of nitrogens with one attached hydrogen (secondary N) is 3. The van der Waals surface area contributed by atoms with Crippen molar-refractivity contribution in [1.82, 2.24) is 15.0 Å². The van der Waals surface area contributed by atoms with Gasteiger partial charge in [0, 0.05) is 18.3 Å². The number of anilines is 1. The van der Waals surface area contributed by atoms with Crippen LogP contribution in [0.3, 0.4) is 0 Å². The van der Waals surface area contributed by atoms with Crippen molar-refractivity contribution in [2.24, 2.45) is 0 Å². The molecule has 3 N–H and O–H groups in total. The third-order valence-corrected chi connectivity index (χ3v) is 6.97. The first-order valence-corrected chi connectivity index (χ1v) is 12.2. The van der Waals surface area contributed by atoms with Gasteiger partial charge in [-0.1, -0.05) is 18.2 Å². The van der Waals surface area contributed by atoms with Gasteiger partial charge in [0.2, 0.25) is 15.9 Å². The SMILES string of the molecule is CNS(=O)(=O)c1ccc(-c2cnc3c(c2)NCC(CNCCc2ccc(C#N)cc2)O3)cc1F. The molecule has 0 amide bonds. The molecule has 0 spiro atoms. The summed E-state index contributed by atoms with van der Waals surface area (Å²) in [6.07, 6.45) is 2.31. The lowest BCUT2D eigenvalue weighted by Gasteiger charge is -2.27. The van der Waals surface area contributed by atoms with Crippen LogP contribution in [0.15, 0.2) is 59.6 Å². The van der Waals surface area contributed by atoms with Crippen LogP contribution in [0.5, 0.6) is 5.88 Å². The van der Waals surface area contributed by atoms with Gasteiger partial charge in [0.05, 0.1) is 23.9 Å². The normalized spacial score (nSPS) is 15.0. The van der Waals surface area contributed by atoms with Crippen molar-refractivity contribution in [3.63, 3.8) is 0 Å². The molecule has 1 unspecified atom stereocenters. The average Bonchev–Trinajstić information content (AvgIpc) is 2.86. The Morgan fingerprint density at radius 2 is 2.00 bits per heavy atom. The zero-order valence-corrected chi connectivity index (χ0v) is 19.3. The Labute approximate surface area is 197 Å². The Hall–Kier alpha value is -3.52. The maximum absolute atomic E-state index is 14.4. The van der Waals surface area contributed by atoms with E-state index in [1.54, 1.807) is 18.3 Å². The summed E-state index contributed by atoms with van der Waals surface area (Å²) >= 11 is 0. The van der Waals surface area contributed by atoms with Crippen LogP contribution in [0.2, 0.25) is 0 Å². The van der Waals surface area contributed by atoms with Gasteiger partial charge in [0.15, 0.2) is 0 Å². The number of fused-ring (bicyclic) bond motifs is 1. The largest absolute Gasteiger partial charge is 0.470 e. The summed E-state index contributed by atoms with van der Waals surface area (Å²) in [6, 6.07) is 15.4. The zero-order chi connectivity index (χ0) is 24.1. The van der Waals surface area contributed by atoms with Gasteiger partial charge < -0.3 is 15.4 Å². The number of sulfonamides is 1. The molecule has 1 aliphatic heterocycles. The first-order valence-electron chi connectivity index (χ1n) is 10.7. The molecular weight excluding hydrogens is 457 g/mol. The Morgan fingerprint density at radius 1 is 1.21 bits per heavy atom. The maximum atomic E-state index is 14.4. The Bertz CT molecular complexity index is 1320. The first-order chi connectivity index (χ1) is 16.4. The van der Waals surface area contributed by atoms with Gasteiger partial charge in [-0.15, -0.1) is 0 Å². The molecule has 34 heavy (non-hydrogen) atoms. The average molecular weight is 482 g/mol. The van der Waals surface area contributed by atoms with Crippen LogP contribution in [0.25, 0.3) is 11.1 Å². The third-order valence-electron chi connectivity index (χ3n) is 5.52. The van der Waals surface area contributed by atoms with E-state index in [1.807, 2.05) is 24.3 Å². The van der Waals surface area contributed by atoms with Crippen LogP contribution < -0.4 is 20.1 Å². The monoisotopic (exact) mass is 481 g/mol. The Morgan fingerprint density at radius 3 is 2.71 bits per heavy atom. The summed E-state index contributed by atoms with van der Waals surface area (Å²) in [4.78, 5) is 3.96. The van der Waals surface area contributed by atoms with Crippen LogP contribution in [-0.4, -0.2) is 46.2 Å². The molecule has 3 aromatic rings. The highest BCUT2D eigenvalue weighted by atomic mass is 32.2. The van der Waals surface area contributed by atoms with E-state index in [9.17, 15) is 12.8 Å². The lowest BCUT2D eigenvalue weighted by atomic mass is 10.1. The van der Waals surface area contributed by atoms with Crippen molar-refractivity contribution in [3.8, 4) is 23.1 Å². The predicted octanol–water partition coefficient (Wildman–Crippen LogP) is 2.67. The summed E-state index contributed by atoms with van der Waals surface area (Å²) < 4.78 is 46.2. The molecule has 176 valence electrons. The lowest BCUT2D eigenvalue weighted by Crippen LogP contribution is -2.40. The molecule has 1 aromatic heterocycles. The molecule has 0 saturated carbocycles. The van der Waals surface area contributed by atoms with E-state index in [0.29, 0.717) is 41.3 Å². The highest BCUT2D eigenvalue weighted by molar-refractivity contribution is 7.89. The maximum Gasteiger partial charge on any atom is 0.243 e. The summed E-state index contributed by atoms with van der Waals surface area (Å²) in [5.41, 5.74) is 3.65. The highest BCUT2D eigenvalue weighted by Crippen LogP contribution is 2.32. The molecule has 10 heteroatoms. The first kappa shape index (κ1) is 23.6. The standard InChI is InChI=1S/C24H24FN5O3S/c1-27-34(31,32)23-7-6-18(10-21(23)25)19-11-22-24(30-13-19)33-20(15-29-22)14-28-9-8-16-2-4-17(12-26)5-3-16/h2-7,10-11,13,20,27-29H,8-9,14-15H2,1H3. The van der Waals surface area contributed by atoms with Crippen LogP contribution in [0.4, 0.5) is 10.1 Å². The number of aromatic nitrogens is 1. The van der Waals surface area contributed by atoms with Gasteiger partial charge in [-0.25, -0.2) is 22.5 Å². The van der Waals surface area contributed by atoms with E-state index < -0.39 is 20.7 Å². The minimum Gasteiger partial charge on any atom is -0.470 e. The van der Waals surface area contributed by atoms with Gasteiger partial charge in [-0.2, -0.15) is 5.26 Å². The fourth-order valence-electron chi connectivity index (χ4n) is 3.62. The molecular formula is C24H24FN5O3S. The van der Waals surface area contributed by atoms with Crippen molar-refractivity contribution in [3.05, 3.63) is 71.7 Å². The summed E-state index contributed by atoms with van der Waals surface area (Å²) in [5.74, 6) is -0.371. The summed E-state index contributed by atoms with van der Waals surface area (Å²) in [6.45, 7) is 1.99. The van der Waals surface area contributed by atoms with Gasteiger partial charge in [0.1, 0.15) is 16.8 Å². The fraction of sp³-hybridized carbons (Fsp3) is 0.250. The minimum absolute atomic E-state index is 0.102. The smallest absolute Gasteiger partial charge is 0.243 e. The topological polar surface area (TPSA) is 116 Å². The Kier molecular flexibility index (Phi) is 7.07. The molecule has 1 atom stereocenters. The fourth-order valence-corrected chi connectivity index (χ4v) is 4.40. The molecule has 2 aromatic carbocycles. The summed E-state index contributed by atoms with van der Waals surface area (Å²) in [5, 5.41) is 15.5. The number of nitrogens with zero attached hydrogens (tertiary/aromatic N) is 2. The number of benzene rings is 2. The van der Waals surface area contributed by atoms with E-state index in [4.69, 9.17) is 10.00 Å². The predicted molar refractivity (Wildman–Crippen MR) is 127 cm³/mol. The highest BCUT2D eigenvalue weighted by Gasteiger charge is 2.22. The van der Waals surface area contributed by atoms with Crippen molar-refractivity contribution >= 4 is 15.7 Å². The number of rotatable bonds is 8. The van der Waals surface area contributed by atoms with Crippen LogP contribution in [0.1, 0.15) is 11.1 Å². The number of ether oxygens (including phenoxy) is 1. The van der Waals surface area contributed by atoms with Crippen LogP contribution in [-0.2, 0) is 16.4 Å². The number of pyridine rings is 1. The molecule has 8 nitrogen and oxygen atoms in total. The van der Waals surface area contributed by atoms with Crippen molar-refractivity contribution < 1.29 is 17.5 Å². The lowest BCUT2D eigenvalue weighted by molar-refractivity contribution is 0.194. The van der Waals surface area contributed by atoms with E-state index >= 15 is 0 Å². The second-order valence-corrected chi connectivity index (χ2v) is 9.67. The molecule has 4 rings (SSSR count). The minimum atomic E-state index is -3.87. The van der Waals surface area contributed by atoms with Crippen molar-refractivity contribution in [2.75, 3.05) is 32.0 Å². The number of halogens is 1. The molecule has 2 heterocycles. The van der Waals surface area contributed by atoms with Gasteiger partial charge in [-0.3, -0.25) is 0 Å². The molecule has 0 fully saturated rings. The molecule has 0 aliphatic carbocycles. The van der Waals surface area contributed by atoms with Gasteiger partial charge in [0.25, 0.3) is 0 Å². The number of hydrogen-bond donors (Lipinski definition) is 3.